The molecule has 200 valence electrons. The van der Waals surface area contributed by atoms with Gasteiger partial charge in [-0.05, 0) is 74.6 Å². The zero-order valence-corrected chi connectivity index (χ0v) is 23.4. The molecule has 3 fully saturated rings. The summed E-state index contributed by atoms with van der Waals surface area (Å²) in [5.41, 5.74) is 9.95. The van der Waals surface area contributed by atoms with E-state index in [0.717, 1.165) is 78.0 Å². The van der Waals surface area contributed by atoms with Crippen LogP contribution in [0.1, 0.15) is 73.8 Å². The summed E-state index contributed by atoms with van der Waals surface area (Å²) >= 11 is 0. The molecule has 1 unspecified atom stereocenters. The number of rotatable bonds is 4. The van der Waals surface area contributed by atoms with Crippen molar-refractivity contribution in [2.75, 3.05) is 18.8 Å². The van der Waals surface area contributed by atoms with E-state index in [1.807, 2.05) is 4.52 Å². The van der Waals surface area contributed by atoms with Gasteiger partial charge in [-0.3, -0.25) is 4.98 Å². The third-order valence-corrected chi connectivity index (χ3v) is 12.4. The van der Waals surface area contributed by atoms with Gasteiger partial charge >= 0.3 is 0 Å². The normalized spacial score (nSPS) is 26.2. The van der Waals surface area contributed by atoms with E-state index in [9.17, 15) is 8.42 Å². The molecule has 0 radical (unpaired) electrons. The van der Waals surface area contributed by atoms with E-state index in [0.29, 0.717) is 23.5 Å². The number of nitrogens with one attached hydrogen (secondary N) is 2. The van der Waals surface area contributed by atoms with Crippen molar-refractivity contribution in [3.05, 3.63) is 47.0 Å². The molecule has 8 nitrogen and oxygen atoms in total. The minimum Gasteiger partial charge on any atom is -0.353 e. The van der Waals surface area contributed by atoms with Gasteiger partial charge in [0, 0.05) is 47.4 Å². The molecule has 9 heteroatoms. The Balaban J connectivity index is 1.21. The van der Waals surface area contributed by atoms with E-state index < -0.39 is 9.84 Å². The fourth-order valence-electron chi connectivity index (χ4n) is 7.67. The van der Waals surface area contributed by atoms with Gasteiger partial charge in [0.1, 0.15) is 6.33 Å². The molecule has 2 N–H and O–H groups in total. The maximum Gasteiger partial charge on any atom is 0.158 e. The summed E-state index contributed by atoms with van der Waals surface area (Å²) in [4.78, 5) is 13.4. The lowest BCUT2D eigenvalue weighted by Gasteiger charge is -2.58. The van der Waals surface area contributed by atoms with Crippen LogP contribution in [0.4, 0.5) is 0 Å². The molecular weight excluding hydrogens is 496 g/mol. The fraction of sp³-hybridized carbons (Fsp3) is 0.552. The summed E-state index contributed by atoms with van der Waals surface area (Å²) < 4.78 is 27.2. The predicted molar refractivity (Wildman–Crippen MR) is 149 cm³/mol. The van der Waals surface area contributed by atoms with E-state index in [2.05, 4.69) is 66.4 Å². The van der Waals surface area contributed by atoms with Crippen LogP contribution in [0.2, 0.25) is 0 Å². The number of fused-ring (bicyclic) bond motifs is 2. The van der Waals surface area contributed by atoms with Crippen LogP contribution in [0.3, 0.4) is 0 Å². The van der Waals surface area contributed by atoms with Crippen molar-refractivity contribution in [3.8, 4) is 11.3 Å². The van der Waals surface area contributed by atoms with Gasteiger partial charge in [0.15, 0.2) is 15.5 Å². The Morgan fingerprint density at radius 3 is 2.50 bits per heavy atom. The van der Waals surface area contributed by atoms with E-state index >= 15 is 0 Å². The van der Waals surface area contributed by atoms with Gasteiger partial charge in [-0.1, -0.05) is 13.8 Å². The molecule has 1 saturated carbocycles. The summed E-state index contributed by atoms with van der Waals surface area (Å²) in [6.07, 6.45) is 7.64. The van der Waals surface area contributed by atoms with E-state index in [-0.39, 0.29) is 10.7 Å². The summed E-state index contributed by atoms with van der Waals surface area (Å²) in [6, 6.07) is 4.36. The summed E-state index contributed by atoms with van der Waals surface area (Å²) in [5.74, 6) is 1.34. The van der Waals surface area contributed by atoms with Crippen molar-refractivity contribution in [1.29, 1.82) is 0 Å². The van der Waals surface area contributed by atoms with Gasteiger partial charge in [0.05, 0.1) is 27.7 Å². The fourth-order valence-corrected chi connectivity index (χ4v) is 10.6. The van der Waals surface area contributed by atoms with Gasteiger partial charge in [-0.25, -0.2) is 17.9 Å². The molecule has 0 aromatic carbocycles. The van der Waals surface area contributed by atoms with Crippen molar-refractivity contribution in [2.24, 2.45) is 11.3 Å². The van der Waals surface area contributed by atoms with Gasteiger partial charge < -0.3 is 10.3 Å². The second kappa shape index (κ2) is 8.36. The summed E-state index contributed by atoms with van der Waals surface area (Å²) in [5, 5.41) is 7.58. The van der Waals surface area contributed by atoms with Gasteiger partial charge in [0.25, 0.3) is 0 Å². The van der Waals surface area contributed by atoms with Gasteiger partial charge in [-0.2, -0.15) is 5.10 Å². The molecule has 6 heterocycles. The molecule has 4 aromatic heterocycles. The highest BCUT2D eigenvalue weighted by Crippen LogP contribution is 2.52. The molecule has 3 aliphatic rings. The van der Waals surface area contributed by atoms with E-state index in [1.165, 1.54) is 11.1 Å². The monoisotopic (exact) mass is 532 g/mol. The smallest absolute Gasteiger partial charge is 0.158 e. The molecule has 1 aliphatic carbocycles. The first kappa shape index (κ1) is 24.3. The molecule has 1 spiro atoms. The van der Waals surface area contributed by atoms with Crippen molar-refractivity contribution in [2.45, 2.75) is 70.5 Å². The Kier molecular flexibility index (Phi) is 5.34. The third-order valence-electron chi connectivity index (χ3n) is 9.73. The summed E-state index contributed by atoms with van der Waals surface area (Å²) in [6.45, 7) is 10.4. The zero-order chi connectivity index (χ0) is 26.4. The van der Waals surface area contributed by atoms with Crippen LogP contribution in [-0.2, 0) is 9.84 Å². The van der Waals surface area contributed by atoms with Crippen molar-refractivity contribution in [3.63, 3.8) is 0 Å². The zero-order valence-electron chi connectivity index (χ0n) is 22.6. The first-order valence-electron chi connectivity index (χ1n) is 13.9. The molecule has 2 saturated heterocycles. The van der Waals surface area contributed by atoms with Crippen LogP contribution in [0.25, 0.3) is 27.9 Å². The van der Waals surface area contributed by atoms with Crippen LogP contribution in [0.15, 0.2) is 24.7 Å². The number of pyridine rings is 2. The van der Waals surface area contributed by atoms with Crippen LogP contribution >= 0.6 is 0 Å². The quantitative estimate of drug-likeness (QED) is 0.396. The molecule has 4 aromatic rings. The Morgan fingerprint density at radius 1 is 1.08 bits per heavy atom. The number of hydrogen-bond donors (Lipinski definition) is 2. The second-order valence-corrected chi connectivity index (χ2v) is 14.4. The highest BCUT2D eigenvalue weighted by Gasteiger charge is 2.63. The van der Waals surface area contributed by atoms with Crippen molar-refractivity contribution >= 4 is 26.5 Å². The minimum atomic E-state index is -2.93. The van der Waals surface area contributed by atoms with Crippen molar-refractivity contribution in [1.82, 2.24) is 29.9 Å². The van der Waals surface area contributed by atoms with Crippen LogP contribution < -0.4 is 5.32 Å². The molecule has 2 aliphatic heterocycles. The van der Waals surface area contributed by atoms with Crippen LogP contribution in [0, 0.1) is 25.2 Å². The Labute approximate surface area is 223 Å². The predicted octanol–water partition coefficient (Wildman–Crippen LogP) is 4.67. The van der Waals surface area contributed by atoms with Crippen LogP contribution in [0.5, 0.6) is 0 Å². The van der Waals surface area contributed by atoms with Gasteiger partial charge in [0.2, 0.25) is 0 Å². The number of nitrogens with zero attached hydrogens (tertiary/aromatic N) is 4. The first-order chi connectivity index (χ1) is 18.2. The lowest BCUT2D eigenvalue weighted by molar-refractivity contribution is 0.109. The third kappa shape index (κ3) is 3.43. The Bertz CT molecular complexity index is 1670. The molecular formula is C29H36N6O2S. The van der Waals surface area contributed by atoms with E-state index in [1.54, 1.807) is 6.33 Å². The lowest BCUT2D eigenvalue weighted by Crippen LogP contribution is -2.74. The number of H-pyrrole nitrogens is 1. The molecule has 1 atom stereocenters. The van der Waals surface area contributed by atoms with Crippen LogP contribution in [-0.4, -0.2) is 57.1 Å². The topological polar surface area (TPSA) is 105 Å². The largest absolute Gasteiger partial charge is 0.353 e. The van der Waals surface area contributed by atoms with Gasteiger partial charge in [-0.15, -0.1) is 0 Å². The average molecular weight is 533 g/mol. The Morgan fingerprint density at radius 2 is 1.84 bits per heavy atom. The maximum absolute atomic E-state index is 12.7. The standard InChI is InChI=1S/C29H36N6O2S/c1-16(2)24-25(21-11-35-28(31-15-32-35)18(4)17(21)3)34-23-10-9-22(33-26(23)24)19-5-7-20(8-6-19)27-29(12-30-13-29)14-38(27,36)37/h9-11,15-16,19-20,27,30,34H,5-8,12-14H2,1-4H3. The number of hydrogen-bond acceptors (Lipinski definition) is 6. The first-order valence-corrected chi connectivity index (χ1v) is 15.6. The highest BCUT2D eigenvalue weighted by molar-refractivity contribution is 7.93. The minimum absolute atomic E-state index is 0.0208. The van der Waals surface area contributed by atoms with Crippen molar-refractivity contribution < 1.29 is 8.42 Å². The number of aromatic nitrogens is 5. The molecule has 7 rings (SSSR count). The average Bonchev–Trinajstić information content (AvgIpc) is 3.48. The SMILES string of the molecule is Cc1c(-c2[nH]c3ccc(C4CCC(C5C6(CNC6)CS5(=O)=O)CC4)nc3c2C(C)C)cn2ncnc2c1C. The highest BCUT2D eigenvalue weighted by atomic mass is 32.2. The number of aromatic amines is 1. The molecule has 0 amide bonds. The number of aryl methyl sites for hydroxylation is 1. The lowest BCUT2D eigenvalue weighted by atomic mass is 9.68. The molecule has 38 heavy (non-hydrogen) atoms. The number of sulfone groups is 1. The van der Waals surface area contributed by atoms with E-state index in [4.69, 9.17) is 4.98 Å². The Hall–Kier alpha value is -2.78. The molecule has 0 bridgehead atoms. The summed E-state index contributed by atoms with van der Waals surface area (Å²) in [7, 11) is -2.93. The maximum atomic E-state index is 12.7. The second-order valence-electron chi connectivity index (χ2n) is 12.3.